The fraction of sp³-hybridized carbons (Fsp3) is 0.375. The number of nitrogens with one attached hydrogen (secondary N) is 1. The molecule has 0 aromatic heterocycles. The van der Waals surface area contributed by atoms with Gasteiger partial charge in [-0.25, -0.2) is 12.8 Å². The predicted molar refractivity (Wildman–Crippen MR) is 163 cm³/mol. The van der Waals surface area contributed by atoms with Crippen molar-refractivity contribution in [3.05, 3.63) is 94.8 Å². The molecular formula is C32H37ClFN3O4S. The number of hydrogen-bond donors (Lipinski definition) is 1. The number of amides is 2. The highest BCUT2D eigenvalue weighted by Gasteiger charge is 2.35. The summed E-state index contributed by atoms with van der Waals surface area (Å²) in [6.07, 6.45) is 5.26. The molecule has 1 aliphatic rings. The number of nitrogens with zero attached hydrogens (tertiary/aromatic N) is 2. The van der Waals surface area contributed by atoms with E-state index in [-0.39, 0.29) is 34.1 Å². The number of anilines is 1. The minimum atomic E-state index is -4.22. The Hall–Kier alpha value is -3.43. The Bertz CT molecular complexity index is 1480. The molecule has 0 saturated heterocycles. The summed E-state index contributed by atoms with van der Waals surface area (Å²) in [5.74, 6) is -1.29. The van der Waals surface area contributed by atoms with Gasteiger partial charge in [-0.3, -0.25) is 13.9 Å². The van der Waals surface area contributed by atoms with E-state index in [9.17, 15) is 22.4 Å². The van der Waals surface area contributed by atoms with E-state index in [0.717, 1.165) is 42.0 Å². The van der Waals surface area contributed by atoms with E-state index in [1.54, 1.807) is 48.5 Å². The first-order valence-electron chi connectivity index (χ1n) is 14.3. The van der Waals surface area contributed by atoms with Crippen molar-refractivity contribution in [2.24, 2.45) is 0 Å². The zero-order valence-electron chi connectivity index (χ0n) is 23.9. The normalized spacial score (nSPS) is 14.7. The largest absolute Gasteiger partial charge is 0.352 e. The molecule has 0 unspecified atom stereocenters. The van der Waals surface area contributed by atoms with Crippen molar-refractivity contribution >= 4 is 39.1 Å². The van der Waals surface area contributed by atoms with Gasteiger partial charge < -0.3 is 10.2 Å². The lowest BCUT2D eigenvalue weighted by Crippen LogP contribution is -2.54. The second kappa shape index (κ2) is 14.2. The summed E-state index contributed by atoms with van der Waals surface area (Å²) in [4.78, 5) is 29.1. The second-order valence-electron chi connectivity index (χ2n) is 10.7. The van der Waals surface area contributed by atoms with Crippen molar-refractivity contribution < 1.29 is 22.4 Å². The van der Waals surface area contributed by atoms with Crippen LogP contribution in [0.4, 0.5) is 10.1 Å². The molecule has 0 spiro atoms. The Morgan fingerprint density at radius 1 is 0.976 bits per heavy atom. The first kappa shape index (κ1) is 31.5. The number of para-hydroxylation sites is 1. The molecule has 0 aliphatic heterocycles. The molecule has 3 aromatic carbocycles. The number of rotatable bonds is 11. The molecule has 224 valence electrons. The van der Waals surface area contributed by atoms with Crippen molar-refractivity contribution in [3.8, 4) is 0 Å². The minimum absolute atomic E-state index is 0.00333. The van der Waals surface area contributed by atoms with Gasteiger partial charge in [0.1, 0.15) is 18.4 Å². The van der Waals surface area contributed by atoms with Gasteiger partial charge in [-0.15, -0.1) is 0 Å². The molecule has 4 rings (SSSR count). The maximum atomic E-state index is 14.2. The number of hydrogen-bond acceptors (Lipinski definition) is 4. The molecule has 0 radical (unpaired) electrons. The molecule has 0 heterocycles. The Kier molecular flexibility index (Phi) is 10.6. The van der Waals surface area contributed by atoms with Gasteiger partial charge in [0.05, 0.1) is 15.6 Å². The fourth-order valence-corrected chi connectivity index (χ4v) is 6.98. The number of aryl methyl sites for hydroxylation is 1. The summed E-state index contributed by atoms with van der Waals surface area (Å²) in [5, 5.41) is 3.27. The summed E-state index contributed by atoms with van der Waals surface area (Å²) in [6, 6.07) is 17.6. The van der Waals surface area contributed by atoms with Crippen molar-refractivity contribution in [3.63, 3.8) is 0 Å². The number of sulfonamides is 1. The van der Waals surface area contributed by atoms with Crippen LogP contribution < -0.4 is 9.62 Å². The van der Waals surface area contributed by atoms with Gasteiger partial charge in [0.25, 0.3) is 10.0 Å². The smallest absolute Gasteiger partial charge is 0.264 e. The maximum Gasteiger partial charge on any atom is 0.264 e. The Labute approximate surface area is 252 Å². The Morgan fingerprint density at radius 3 is 2.24 bits per heavy atom. The van der Waals surface area contributed by atoms with E-state index < -0.39 is 34.3 Å². The van der Waals surface area contributed by atoms with Crippen LogP contribution in [-0.2, 0) is 26.2 Å². The van der Waals surface area contributed by atoms with E-state index >= 15 is 0 Å². The lowest BCUT2D eigenvalue weighted by atomic mass is 9.95. The molecule has 1 atom stereocenters. The molecule has 1 saturated carbocycles. The van der Waals surface area contributed by atoms with Crippen LogP contribution in [0.25, 0.3) is 0 Å². The van der Waals surface area contributed by atoms with Crippen LogP contribution in [0.5, 0.6) is 0 Å². The zero-order valence-corrected chi connectivity index (χ0v) is 25.5. The summed E-state index contributed by atoms with van der Waals surface area (Å²) in [7, 11) is -4.22. The van der Waals surface area contributed by atoms with Crippen molar-refractivity contribution in [1.82, 2.24) is 10.2 Å². The molecule has 7 nitrogen and oxygen atoms in total. The lowest BCUT2D eigenvalue weighted by molar-refractivity contribution is -0.140. The SMILES string of the molecule is CC[C@H](C(=O)NC1CCCCC1)N(Cc1ccc(F)cc1)C(=O)CN(c1ccccc1Cl)S(=O)(=O)c1ccc(C)cc1. The van der Waals surface area contributed by atoms with Gasteiger partial charge in [0.15, 0.2) is 0 Å². The summed E-state index contributed by atoms with van der Waals surface area (Å²) < 4.78 is 42.6. The van der Waals surface area contributed by atoms with Crippen molar-refractivity contribution in [2.75, 3.05) is 10.8 Å². The molecular weight excluding hydrogens is 577 g/mol. The number of benzene rings is 3. The fourth-order valence-electron chi connectivity index (χ4n) is 5.26. The number of carbonyl (C=O) groups is 2. The van der Waals surface area contributed by atoms with Gasteiger partial charge in [0, 0.05) is 12.6 Å². The highest BCUT2D eigenvalue weighted by atomic mass is 35.5. The van der Waals surface area contributed by atoms with Crippen molar-refractivity contribution in [2.45, 2.75) is 75.9 Å². The number of halogens is 2. The van der Waals surface area contributed by atoms with Crippen LogP contribution in [0.3, 0.4) is 0 Å². The van der Waals surface area contributed by atoms with Crippen molar-refractivity contribution in [1.29, 1.82) is 0 Å². The molecule has 0 bridgehead atoms. The molecule has 2 amide bonds. The molecule has 3 aromatic rings. The second-order valence-corrected chi connectivity index (χ2v) is 13.0. The van der Waals surface area contributed by atoms with E-state index in [1.165, 1.54) is 29.2 Å². The standard InChI is InChI=1S/C32H37ClFN3O4S/c1-3-29(32(39)35-26-9-5-4-6-10-26)36(21-24-15-17-25(34)18-16-24)31(38)22-37(30-12-8-7-11-28(30)33)42(40,41)27-19-13-23(2)14-20-27/h7-8,11-20,26,29H,3-6,9-10,21-22H2,1-2H3,(H,35,39)/t29-/m1/s1. The summed E-state index contributed by atoms with van der Waals surface area (Å²) in [5.41, 5.74) is 1.64. The van der Waals surface area contributed by atoms with Crippen LogP contribution in [0.1, 0.15) is 56.6 Å². The van der Waals surface area contributed by atoms with Gasteiger partial charge in [-0.05, 0) is 68.1 Å². The van der Waals surface area contributed by atoms with Crippen LogP contribution in [0, 0.1) is 12.7 Å². The summed E-state index contributed by atoms with van der Waals surface area (Å²) in [6.45, 7) is 3.07. The molecule has 1 N–H and O–H groups in total. The number of carbonyl (C=O) groups excluding carboxylic acids is 2. The Morgan fingerprint density at radius 2 is 1.62 bits per heavy atom. The molecule has 1 fully saturated rings. The maximum absolute atomic E-state index is 14.2. The topological polar surface area (TPSA) is 86.8 Å². The van der Waals surface area contributed by atoms with Gasteiger partial charge in [0.2, 0.25) is 11.8 Å². The van der Waals surface area contributed by atoms with Gasteiger partial charge in [-0.1, -0.05) is 79.7 Å². The first-order chi connectivity index (χ1) is 20.1. The third-order valence-electron chi connectivity index (χ3n) is 7.61. The highest BCUT2D eigenvalue weighted by Crippen LogP contribution is 2.31. The van der Waals surface area contributed by atoms with E-state index in [2.05, 4.69) is 5.32 Å². The summed E-state index contributed by atoms with van der Waals surface area (Å²) >= 11 is 6.46. The highest BCUT2D eigenvalue weighted by molar-refractivity contribution is 7.92. The Balaban J connectivity index is 1.71. The zero-order chi connectivity index (χ0) is 30.3. The van der Waals surface area contributed by atoms with Crippen LogP contribution >= 0.6 is 11.6 Å². The van der Waals surface area contributed by atoms with E-state index in [1.807, 2.05) is 13.8 Å². The third kappa shape index (κ3) is 7.69. The monoisotopic (exact) mass is 613 g/mol. The van der Waals surface area contributed by atoms with E-state index in [0.29, 0.717) is 12.0 Å². The molecule has 42 heavy (non-hydrogen) atoms. The van der Waals surface area contributed by atoms with Gasteiger partial charge >= 0.3 is 0 Å². The third-order valence-corrected chi connectivity index (χ3v) is 9.71. The average Bonchev–Trinajstić information content (AvgIpc) is 2.98. The van der Waals surface area contributed by atoms with E-state index in [4.69, 9.17) is 11.6 Å². The quantitative estimate of drug-likeness (QED) is 0.277. The van der Waals surface area contributed by atoms with Gasteiger partial charge in [-0.2, -0.15) is 0 Å². The van der Waals surface area contributed by atoms with Crippen LogP contribution in [-0.4, -0.2) is 43.8 Å². The van der Waals surface area contributed by atoms with Crippen LogP contribution in [0.15, 0.2) is 77.7 Å². The molecule has 1 aliphatic carbocycles. The van der Waals surface area contributed by atoms with Crippen LogP contribution in [0.2, 0.25) is 5.02 Å². The lowest BCUT2D eigenvalue weighted by Gasteiger charge is -2.34. The molecule has 10 heteroatoms. The first-order valence-corrected chi connectivity index (χ1v) is 16.1. The average molecular weight is 614 g/mol. The predicted octanol–water partition coefficient (Wildman–Crippen LogP) is 6.24. The minimum Gasteiger partial charge on any atom is -0.352 e.